The fourth-order valence-electron chi connectivity index (χ4n) is 3.40. The summed E-state index contributed by atoms with van der Waals surface area (Å²) in [5.74, 6) is -0.0316. The van der Waals surface area contributed by atoms with Crippen LogP contribution in [0.2, 0.25) is 0 Å². The van der Waals surface area contributed by atoms with E-state index in [4.69, 9.17) is 10.00 Å². The lowest BCUT2D eigenvalue weighted by Gasteiger charge is -2.34. The van der Waals surface area contributed by atoms with Gasteiger partial charge < -0.3 is 19.9 Å². The van der Waals surface area contributed by atoms with Gasteiger partial charge in [-0.15, -0.1) is 0 Å². The van der Waals surface area contributed by atoms with Gasteiger partial charge in [-0.3, -0.25) is 4.79 Å². The number of hydrogen-bond acceptors (Lipinski definition) is 5. The van der Waals surface area contributed by atoms with Crippen LogP contribution in [0.25, 0.3) is 11.3 Å². The fourth-order valence-corrected chi connectivity index (χ4v) is 3.84. The monoisotopic (exact) mass is 490 g/mol. The molecule has 2 heterocycles. The van der Waals surface area contributed by atoms with Crippen molar-refractivity contribution in [2.45, 2.75) is 45.3 Å². The molecule has 0 aliphatic carbocycles. The van der Waals surface area contributed by atoms with Crippen LogP contribution in [0.4, 0.5) is 15.0 Å². The van der Waals surface area contributed by atoms with Gasteiger partial charge in [-0.05, 0) is 61.7 Å². The van der Waals surface area contributed by atoms with Crippen molar-refractivity contribution in [2.24, 2.45) is 0 Å². The molecule has 0 bridgehead atoms. The van der Waals surface area contributed by atoms with E-state index in [0.29, 0.717) is 47.5 Å². The first-order valence-electron chi connectivity index (χ1n) is 9.94. The quantitative estimate of drug-likeness (QED) is 0.667. The largest absolute Gasteiger partial charge is 0.444 e. The van der Waals surface area contributed by atoms with E-state index in [2.05, 4.69) is 26.2 Å². The number of nitriles is 1. The Kier molecular flexibility index (Phi) is 6.70. The molecule has 1 aliphatic heterocycles. The van der Waals surface area contributed by atoms with Crippen LogP contribution in [-0.2, 0) is 4.74 Å². The zero-order valence-corrected chi connectivity index (χ0v) is 19.2. The summed E-state index contributed by atoms with van der Waals surface area (Å²) in [6, 6.07) is 7.48. The van der Waals surface area contributed by atoms with Crippen LogP contribution in [0.5, 0.6) is 0 Å². The Balaban J connectivity index is 1.75. The van der Waals surface area contributed by atoms with Gasteiger partial charge in [0.15, 0.2) is 5.43 Å². The summed E-state index contributed by atoms with van der Waals surface area (Å²) >= 11 is 3.28. The van der Waals surface area contributed by atoms with Gasteiger partial charge in [-0.1, -0.05) is 6.07 Å². The first-order chi connectivity index (χ1) is 14.6. The lowest BCUT2D eigenvalue weighted by Crippen LogP contribution is -2.46. The van der Waals surface area contributed by atoms with Crippen molar-refractivity contribution < 1.29 is 13.9 Å². The molecule has 31 heavy (non-hydrogen) atoms. The highest BCUT2D eigenvalue weighted by Crippen LogP contribution is 2.28. The van der Waals surface area contributed by atoms with Crippen molar-refractivity contribution in [1.29, 1.82) is 5.26 Å². The summed E-state index contributed by atoms with van der Waals surface area (Å²) in [6.45, 7) is 6.70. The normalized spacial score (nSPS) is 14.8. The van der Waals surface area contributed by atoms with Crippen molar-refractivity contribution in [1.82, 2.24) is 10.3 Å². The number of carbonyl (C=O) groups excluding carboxylic acids is 1. The molecule has 3 rings (SSSR count). The molecule has 2 N–H and O–H groups in total. The van der Waals surface area contributed by atoms with Crippen molar-refractivity contribution in [3.63, 3.8) is 0 Å². The number of H-pyrrole nitrogens is 1. The number of halogens is 2. The third-order valence-corrected chi connectivity index (χ3v) is 5.68. The molecule has 0 atom stereocenters. The number of nitrogens with zero attached hydrogens (tertiary/aromatic N) is 2. The Labute approximate surface area is 188 Å². The third-order valence-electron chi connectivity index (χ3n) is 4.89. The number of carbonyl (C=O) groups is 1. The van der Waals surface area contributed by atoms with Crippen molar-refractivity contribution in [2.75, 3.05) is 18.0 Å². The molecule has 0 radical (unpaired) electrons. The van der Waals surface area contributed by atoms with E-state index < -0.39 is 17.5 Å². The highest BCUT2D eigenvalue weighted by atomic mass is 79.9. The summed E-state index contributed by atoms with van der Waals surface area (Å²) in [4.78, 5) is 29.7. The summed E-state index contributed by atoms with van der Waals surface area (Å²) in [6.07, 6.45) is 0.948. The maximum atomic E-state index is 14.1. The maximum Gasteiger partial charge on any atom is 0.407 e. The summed E-state index contributed by atoms with van der Waals surface area (Å²) in [5.41, 5.74) is 0.0624. The Morgan fingerprint density at radius 2 is 2.00 bits per heavy atom. The van der Waals surface area contributed by atoms with Crippen LogP contribution >= 0.6 is 15.9 Å². The first-order valence-corrected chi connectivity index (χ1v) is 10.7. The van der Waals surface area contributed by atoms with E-state index in [0.717, 1.165) is 0 Å². The molecule has 1 amide bonds. The predicted molar refractivity (Wildman–Crippen MR) is 119 cm³/mol. The second-order valence-corrected chi connectivity index (χ2v) is 9.21. The number of ether oxygens (including phenoxy) is 1. The van der Waals surface area contributed by atoms with Crippen LogP contribution in [-0.4, -0.2) is 35.8 Å². The van der Waals surface area contributed by atoms with Gasteiger partial charge in [0.2, 0.25) is 0 Å². The van der Waals surface area contributed by atoms with Gasteiger partial charge in [0, 0.05) is 30.8 Å². The minimum absolute atomic E-state index is 0.0136. The van der Waals surface area contributed by atoms with Crippen LogP contribution in [0.3, 0.4) is 0 Å². The predicted octanol–water partition coefficient (Wildman–Crippen LogP) is 4.31. The molecular weight excluding hydrogens is 467 g/mol. The van der Waals surface area contributed by atoms with E-state index in [1.54, 1.807) is 12.1 Å². The molecule has 1 saturated heterocycles. The fraction of sp³-hybridized carbons (Fsp3) is 0.409. The molecule has 1 aromatic heterocycles. The van der Waals surface area contributed by atoms with Gasteiger partial charge in [0.1, 0.15) is 23.3 Å². The molecule has 164 valence electrons. The number of benzene rings is 1. The lowest BCUT2D eigenvalue weighted by atomic mass is 10.0. The molecule has 1 aromatic carbocycles. The van der Waals surface area contributed by atoms with Gasteiger partial charge >= 0.3 is 6.09 Å². The molecular formula is C22H24BrFN4O3. The number of alkyl carbamates (subject to hydrolysis) is 1. The highest BCUT2D eigenvalue weighted by Gasteiger charge is 2.25. The topological polar surface area (TPSA) is 98.2 Å². The summed E-state index contributed by atoms with van der Waals surface area (Å²) < 4.78 is 19.7. The number of nitrogens with one attached hydrogen (secondary N) is 2. The second kappa shape index (κ2) is 9.10. The third kappa shape index (κ3) is 5.64. The number of pyridine rings is 1. The zero-order valence-electron chi connectivity index (χ0n) is 17.6. The number of amides is 1. The molecule has 0 saturated carbocycles. The Morgan fingerprint density at radius 1 is 1.32 bits per heavy atom. The smallest absolute Gasteiger partial charge is 0.407 e. The van der Waals surface area contributed by atoms with E-state index in [1.165, 1.54) is 18.2 Å². The van der Waals surface area contributed by atoms with Crippen molar-refractivity contribution in [3.05, 3.63) is 50.3 Å². The molecule has 0 unspecified atom stereocenters. The molecule has 0 spiro atoms. The molecule has 1 aliphatic rings. The van der Waals surface area contributed by atoms with Crippen LogP contribution < -0.4 is 15.6 Å². The number of rotatable bonds is 3. The Morgan fingerprint density at radius 3 is 2.58 bits per heavy atom. The van der Waals surface area contributed by atoms with Crippen molar-refractivity contribution in [3.8, 4) is 17.3 Å². The van der Waals surface area contributed by atoms with Crippen molar-refractivity contribution >= 4 is 27.8 Å². The summed E-state index contributed by atoms with van der Waals surface area (Å²) in [7, 11) is 0. The lowest BCUT2D eigenvalue weighted by molar-refractivity contribution is 0.0497. The van der Waals surface area contributed by atoms with Crippen LogP contribution in [0.15, 0.2) is 33.5 Å². The standard InChI is InChI=1S/C22H24BrFN4O3/c1-22(2,3)31-21(30)26-15-6-8-28(9-7-15)18-11-17(29)19(23)20(27-18)13-4-5-14(12-25)16(24)10-13/h4-5,10-11,15H,6-9H2,1-3H3,(H,26,30)(H,27,29). The van der Waals surface area contributed by atoms with Gasteiger partial charge in [-0.25, -0.2) is 9.18 Å². The minimum Gasteiger partial charge on any atom is -0.444 e. The summed E-state index contributed by atoms with van der Waals surface area (Å²) in [5, 5.41) is 11.8. The second-order valence-electron chi connectivity index (χ2n) is 8.42. The molecule has 9 heteroatoms. The molecule has 7 nitrogen and oxygen atoms in total. The number of aromatic amines is 1. The first kappa shape index (κ1) is 22.8. The zero-order chi connectivity index (χ0) is 22.8. The highest BCUT2D eigenvalue weighted by molar-refractivity contribution is 9.10. The number of aromatic nitrogens is 1. The Hall–Kier alpha value is -2.86. The van der Waals surface area contributed by atoms with Gasteiger partial charge in [-0.2, -0.15) is 5.26 Å². The number of piperidine rings is 1. The van der Waals surface area contributed by atoms with E-state index >= 15 is 0 Å². The Bertz CT molecular complexity index is 1080. The van der Waals surface area contributed by atoms with Gasteiger partial charge in [0.25, 0.3) is 0 Å². The van der Waals surface area contributed by atoms with E-state index in [1.807, 2.05) is 25.7 Å². The molecule has 1 fully saturated rings. The average molecular weight is 491 g/mol. The van der Waals surface area contributed by atoms with Gasteiger partial charge in [0.05, 0.1) is 15.7 Å². The maximum absolute atomic E-state index is 14.1. The minimum atomic E-state index is -0.646. The van der Waals surface area contributed by atoms with Crippen LogP contribution in [0.1, 0.15) is 39.2 Å². The van der Waals surface area contributed by atoms with Crippen LogP contribution in [0, 0.1) is 17.1 Å². The van der Waals surface area contributed by atoms with E-state index in [9.17, 15) is 14.0 Å². The number of anilines is 1. The average Bonchev–Trinajstić information content (AvgIpc) is 2.69. The van der Waals surface area contributed by atoms with E-state index in [-0.39, 0.29) is 17.0 Å². The molecule has 2 aromatic rings. The SMILES string of the molecule is CC(C)(C)OC(=O)NC1CCN(c2cc(=O)c(Br)c(-c3ccc(C#N)c(F)c3)[nH]2)CC1. The number of hydrogen-bond donors (Lipinski definition) is 2.